The third kappa shape index (κ3) is 5.24. The summed E-state index contributed by atoms with van der Waals surface area (Å²) in [6, 6.07) is 7.84. The van der Waals surface area contributed by atoms with Gasteiger partial charge in [0, 0.05) is 20.1 Å². The molecule has 0 saturated carbocycles. The molecule has 12 heteroatoms. The Kier molecular flexibility index (Phi) is 6.84. The minimum absolute atomic E-state index is 0.00999. The van der Waals surface area contributed by atoms with Gasteiger partial charge in [0.1, 0.15) is 17.6 Å². The Morgan fingerprint density at radius 1 is 1.22 bits per heavy atom. The Hall–Kier alpha value is -3.38. The second kappa shape index (κ2) is 9.58. The summed E-state index contributed by atoms with van der Waals surface area (Å²) >= 11 is 0. The van der Waals surface area contributed by atoms with Crippen LogP contribution in [0.4, 0.5) is 5.69 Å². The Morgan fingerprint density at radius 2 is 1.92 bits per heavy atom. The van der Waals surface area contributed by atoms with Gasteiger partial charge in [0.15, 0.2) is 17.4 Å². The normalized spacial score (nSPS) is 19.6. The van der Waals surface area contributed by atoms with Crippen LogP contribution in [0.3, 0.4) is 0 Å². The molecule has 1 aromatic heterocycles. The maximum absolute atomic E-state index is 13.0. The van der Waals surface area contributed by atoms with E-state index in [9.17, 15) is 18.3 Å². The summed E-state index contributed by atoms with van der Waals surface area (Å²) in [6.07, 6.45) is 0. The molecule has 1 aromatic carbocycles. The highest BCUT2D eigenvalue weighted by molar-refractivity contribution is 7.89. The van der Waals surface area contributed by atoms with Gasteiger partial charge in [0.2, 0.25) is 0 Å². The second-order valence-corrected chi connectivity index (χ2v) is 11.2. The van der Waals surface area contributed by atoms with E-state index in [4.69, 9.17) is 14.1 Å². The van der Waals surface area contributed by atoms with Crippen molar-refractivity contribution in [1.29, 1.82) is 0 Å². The number of amides is 1. The number of amidine groups is 2. The molecule has 11 nitrogen and oxygen atoms in total. The van der Waals surface area contributed by atoms with Crippen molar-refractivity contribution in [3.63, 3.8) is 0 Å². The van der Waals surface area contributed by atoms with Crippen molar-refractivity contribution in [2.24, 2.45) is 14.8 Å². The van der Waals surface area contributed by atoms with Crippen LogP contribution < -0.4 is 9.62 Å². The monoisotopic (exact) mass is 517 g/mol. The number of morpholine rings is 1. The number of rotatable bonds is 4. The smallest absolute Gasteiger partial charge is 0.345 e. The SMILES string of the molecule is Cc1ccc([C@H](N=C2NS(=O)(=O)N=C2N(C)c2cccc(C(=O)N3CCOCC3)c2O)C(C)(C)C)o1. The number of furan rings is 1. The fourth-order valence-corrected chi connectivity index (χ4v) is 4.96. The Bertz CT molecular complexity index is 1320. The van der Waals surface area contributed by atoms with Crippen LogP contribution >= 0.6 is 0 Å². The van der Waals surface area contributed by atoms with Crippen LogP contribution in [0.25, 0.3) is 0 Å². The molecule has 1 saturated heterocycles. The minimum Gasteiger partial charge on any atom is -0.505 e. The van der Waals surface area contributed by atoms with Crippen molar-refractivity contribution in [2.75, 3.05) is 38.3 Å². The van der Waals surface area contributed by atoms with Crippen LogP contribution in [0, 0.1) is 12.3 Å². The molecule has 3 heterocycles. The fraction of sp³-hybridized carbons (Fsp3) is 0.458. The van der Waals surface area contributed by atoms with Crippen molar-refractivity contribution < 1.29 is 27.5 Å². The molecule has 194 valence electrons. The van der Waals surface area contributed by atoms with E-state index in [-0.39, 0.29) is 34.6 Å². The maximum Gasteiger partial charge on any atom is 0.345 e. The number of aryl methyl sites for hydroxylation is 1. The topological polar surface area (TPSA) is 137 Å². The van der Waals surface area contributed by atoms with E-state index >= 15 is 0 Å². The van der Waals surface area contributed by atoms with E-state index in [1.165, 1.54) is 11.0 Å². The van der Waals surface area contributed by atoms with Gasteiger partial charge in [-0.25, -0.2) is 4.72 Å². The number of anilines is 1. The molecule has 0 bridgehead atoms. The number of hydrogen-bond acceptors (Lipinski definition) is 8. The summed E-state index contributed by atoms with van der Waals surface area (Å²) in [5.74, 6) is 0.678. The second-order valence-electron chi connectivity index (χ2n) is 9.82. The van der Waals surface area contributed by atoms with Gasteiger partial charge in [-0.2, -0.15) is 8.42 Å². The van der Waals surface area contributed by atoms with Gasteiger partial charge in [0.25, 0.3) is 5.91 Å². The highest BCUT2D eigenvalue weighted by atomic mass is 32.2. The minimum atomic E-state index is -4.06. The number of nitrogens with zero attached hydrogens (tertiary/aromatic N) is 4. The lowest BCUT2D eigenvalue weighted by Crippen LogP contribution is -2.41. The van der Waals surface area contributed by atoms with Crippen LogP contribution in [0.2, 0.25) is 0 Å². The largest absolute Gasteiger partial charge is 0.505 e. The average molecular weight is 518 g/mol. The predicted octanol–water partition coefficient (Wildman–Crippen LogP) is 2.63. The zero-order valence-electron chi connectivity index (χ0n) is 21.0. The molecule has 2 aliphatic rings. The molecule has 0 spiro atoms. The van der Waals surface area contributed by atoms with Gasteiger partial charge in [-0.15, -0.1) is 4.40 Å². The zero-order chi connectivity index (χ0) is 26.3. The van der Waals surface area contributed by atoms with Crippen LogP contribution in [-0.2, 0) is 14.9 Å². The number of likely N-dealkylation sites (N-methyl/N-ethyl adjacent to an activating group) is 1. The molecule has 0 aliphatic carbocycles. The van der Waals surface area contributed by atoms with Gasteiger partial charge < -0.3 is 24.1 Å². The first-order valence-electron chi connectivity index (χ1n) is 11.6. The first-order valence-corrected chi connectivity index (χ1v) is 13.0. The summed E-state index contributed by atoms with van der Waals surface area (Å²) in [6.45, 7) is 9.42. The van der Waals surface area contributed by atoms with E-state index in [2.05, 4.69) is 9.12 Å². The number of hydrogen-bond donors (Lipinski definition) is 2. The number of aromatic hydroxyl groups is 1. The van der Waals surface area contributed by atoms with Crippen molar-refractivity contribution in [3.8, 4) is 5.75 Å². The Labute approximate surface area is 210 Å². The van der Waals surface area contributed by atoms with Crippen LogP contribution in [0.15, 0.2) is 44.1 Å². The van der Waals surface area contributed by atoms with E-state index in [0.29, 0.717) is 37.8 Å². The molecular formula is C24H31N5O6S. The highest BCUT2D eigenvalue weighted by Crippen LogP contribution is 2.38. The quantitative estimate of drug-likeness (QED) is 0.636. The maximum atomic E-state index is 13.0. The molecular weight excluding hydrogens is 486 g/mol. The number of phenols is 1. The number of benzene rings is 1. The third-order valence-electron chi connectivity index (χ3n) is 5.98. The summed E-state index contributed by atoms with van der Waals surface area (Å²) in [5, 5.41) is 11.0. The molecule has 1 atom stereocenters. The number of ether oxygens (including phenoxy) is 1. The van der Waals surface area contributed by atoms with E-state index in [1.54, 1.807) is 24.1 Å². The lowest BCUT2D eigenvalue weighted by molar-refractivity contribution is 0.0301. The van der Waals surface area contributed by atoms with Gasteiger partial charge in [0.05, 0.1) is 24.5 Å². The molecule has 0 unspecified atom stereocenters. The number of carbonyl (C=O) groups is 1. The van der Waals surface area contributed by atoms with Crippen molar-refractivity contribution in [2.45, 2.75) is 33.7 Å². The third-order valence-corrected chi connectivity index (χ3v) is 6.84. The molecule has 4 rings (SSSR count). The van der Waals surface area contributed by atoms with Crippen LogP contribution in [0.5, 0.6) is 5.75 Å². The molecule has 0 radical (unpaired) electrons. The first-order chi connectivity index (χ1) is 16.9. The van der Waals surface area contributed by atoms with Crippen molar-refractivity contribution in [3.05, 3.63) is 47.4 Å². The molecule has 1 amide bonds. The predicted molar refractivity (Wildman–Crippen MR) is 136 cm³/mol. The number of phenolic OH excluding ortho intramolecular Hbond substituents is 1. The Balaban J connectivity index is 1.72. The van der Waals surface area contributed by atoms with E-state index < -0.39 is 21.7 Å². The number of carbonyl (C=O) groups excluding carboxylic acids is 1. The van der Waals surface area contributed by atoms with Gasteiger partial charge >= 0.3 is 10.2 Å². The summed E-state index contributed by atoms with van der Waals surface area (Å²) < 4.78 is 42.2. The molecule has 1 fully saturated rings. The number of para-hydroxylation sites is 1. The summed E-state index contributed by atoms with van der Waals surface area (Å²) in [4.78, 5) is 20.7. The summed E-state index contributed by atoms with van der Waals surface area (Å²) in [7, 11) is -2.50. The molecule has 2 aliphatic heterocycles. The summed E-state index contributed by atoms with van der Waals surface area (Å²) in [5.41, 5.74) is -0.102. The molecule has 2 N–H and O–H groups in total. The molecule has 36 heavy (non-hydrogen) atoms. The number of nitrogens with one attached hydrogen (secondary N) is 1. The van der Waals surface area contributed by atoms with Crippen LogP contribution in [-0.4, -0.2) is 69.4 Å². The zero-order valence-corrected chi connectivity index (χ0v) is 21.8. The lowest BCUT2D eigenvalue weighted by atomic mass is 9.85. The highest BCUT2D eigenvalue weighted by Gasteiger charge is 2.36. The Morgan fingerprint density at radius 3 is 2.53 bits per heavy atom. The standard InChI is InChI=1S/C24H31N5O6S/c1-15-9-10-18(35-15)20(24(2,3)4)25-21-22(27-36(32,33)26-21)28(5)17-8-6-7-16(19(17)30)23(31)29-11-13-34-14-12-29/h6-10,20,30H,11-14H2,1-5H3,(H,25,26)/t20-/m0/s1. The van der Waals surface area contributed by atoms with E-state index in [0.717, 1.165) is 0 Å². The van der Waals surface area contributed by atoms with Gasteiger partial charge in [-0.05, 0) is 36.6 Å². The van der Waals surface area contributed by atoms with Crippen molar-refractivity contribution in [1.82, 2.24) is 9.62 Å². The molecule has 2 aromatic rings. The fourth-order valence-electron chi connectivity index (χ4n) is 4.09. The average Bonchev–Trinajstić information content (AvgIpc) is 3.38. The van der Waals surface area contributed by atoms with Gasteiger partial charge in [-0.1, -0.05) is 26.8 Å². The number of aliphatic imine (C=N–C) groups is 1. The van der Waals surface area contributed by atoms with Gasteiger partial charge in [-0.3, -0.25) is 9.79 Å². The first kappa shape index (κ1) is 25.7. The van der Waals surface area contributed by atoms with Crippen LogP contribution in [0.1, 0.15) is 48.7 Å². The van der Waals surface area contributed by atoms with E-state index in [1.807, 2.05) is 39.8 Å². The van der Waals surface area contributed by atoms with Crippen molar-refractivity contribution >= 4 is 33.5 Å². The lowest BCUT2D eigenvalue weighted by Gasteiger charge is -2.28.